The van der Waals surface area contributed by atoms with E-state index in [9.17, 15) is 18.0 Å². The summed E-state index contributed by atoms with van der Waals surface area (Å²) in [5, 5.41) is 3.58. The minimum atomic E-state index is -3.80. The molecule has 0 unspecified atom stereocenters. The predicted octanol–water partition coefficient (Wildman–Crippen LogP) is 5.00. The molecule has 0 aliphatic carbocycles. The highest BCUT2D eigenvalue weighted by molar-refractivity contribution is 7.92. The van der Waals surface area contributed by atoms with Gasteiger partial charge in [0.1, 0.15) is 12.6 Å². The second-order valence-electron chi connectivity index (χ2n) is 9.79. The quantitative estimate of drug-likeness (QED) is 0.446. The Balaban J connectivity index is 2.41. The van der Waals surface area contributed by atoms with Crippen LogP contribution in [-0.2, 0) is 31.6 Å². The molecule has 0 saturated carbocycles. The maximum atomic E-state index is 13.6. The summed E-state index contributed by atoms with van der Waals surface area (Å²) in [4.78, 5) is 27.7. The van der Waals surface area contributed by atoms with Crippen molar-refractivity contribution in [1.29, 1.82) is 0 Å². The molecule has 0 fully saturated rings. The molecule has 0 radical (unpaired) electrons. The van der Waals surface area contributed by atoms with Crippen LogP contribution in [0.1, 0.15) is 52.2 Å². The van der Waals surface area contributed by atoms with Crippen LogP contribution in [0.5, 0.6) is 0 Å². The van der Waals surface area contributed by atoms with Crippen LogP contribution in [0.3, 0.4) is 0 Å². The first-order valence-electron chi connectivity index (χ1n) is 11.7. The van der Waals surface area contributed by atoms with E-state index in [1.807, 2.05) is 19.1 Å². The summed E-state index contributed by atoms with van der Waals surface area (Å²) in [6.07, 6.45) is 1.79. The van der Waals surface area contributed by atoms with Crippen LogP contribution in [0, 0.1) is 0 Å². The zero-order valence-electron chi connectivity index (χ0n) is 21.6. The molecule has 0 saturated heterocycles. The number of hydrogen-bond acceptors (Lipinski definition) is 4. The summed E-state index contributed by atoms with van der Waals surface area (Å²) in [6.45, 7) is 9.72. The molecule has 36 heavy (non-hydrogen) atoms. The summed E-state index contributed by atoms with van der Waals surface area (Å²) < 4.78 is 26.5. The summed E-state index contributed by atoms with van der Waals surface area (Å²) >= 11 is 12.4. The number of benzene rings is 2. The van der Waals surface area contributed by atoms with Crippen molar-refractivity contribution in [2.45, 2.75) is 59.0 Å². The molecule has 0 bridgehead atoms. The SMILES string of the molecule is CCCNC(=O)[C@@H](C)N(Cc1ccc(Cl)cc1Cl)C(=O)CN(c1ccc(C(C)(C)C)cc1)S(C)(=O)=O. The highest BCUT2D eigenvalue weighted by atomic mass is 35.5. The fourth-order valence-corrected chi connectivity index (χ4v) is 4.87. The summed E-state index contributed by atoms with van der Waals surface area (Å²) in [5.41, 5.74) is 1.88. The van der Waals surface area contributed by atoms with E-state index in [2.05, 4.69) is 26.1 Å². The molecule has 0 aliphatic heterocycles. The first kappa shape index (κ1) is 29.9. The van der Waals surface area contributed by atoms with Crippen LogP contribution in [0.2, 0.25) is 10.0 Å². The van der Waals surface area contributed by atoms with Gasteiger partial charge in [-0.15, -0.1) is 0 Å². The molecule has 2 aromatic rings. The first-order valence-corrected chi connectivity index (χ1v) is 14.3. The molecular weight excluding hydrogens is 521 g/mol. The summed E-state index contributed by atoms with van der Waals surface area (Å²) in [7, 11) is -3.80. The lowest BCUT2D eigenvalue weighted by molar-refractivity contribution is -0.139. The highest BCUT2D eigenvalue weighted by Gasteiger charge is 2.30. The third kappa shape index (κ3) is 8.11. The average Bonchev–Trinajstić information content (AvgIpc) is 2.78. The molecule has 2 aromatic carbocycles. The van der Waals surface area contributed by atoms with E-state index in [0.29, 0.717) is 27.8 Å². The Bertz CT molecular complexity index is 1180. The van der Waals surface area contributed by atoms with E-state index in [0.717, 1.165) is 22.5 Å². The van der Waals surface area contributed by atoms with E-state index in [4.69, 9.17) is 23.2 Å². The van der Waals surface area contributed by atoms with Crippen molar-refractivity contribution in [1.82, 2.24) is 10.2 Å². The van der Waals surface area contributed by atoms with Gasteiger partial charge in [0.2, 0.25) is 21.8 Å². The van der Waals surface area contributed by atoms with Gasteiger partial charge in [-0.25, -0.2) is 8.42 Å². The van der Waals surface area contributed by atoms with Gasteiger partial charge in [0.25, 0.3) is 0 Å². The zero-order chi connectivity index (χ0) is 27.3. The Kier molecular flexibility index (Phi) is 10.2. The van der Waals surface area contributed by atoms with Crippen molar-refractivity contribution in [3.8, 4) is 0 Å². The van der Waals surface area contributed by atoms with Crippen LogP contribution < -0.4 is 9.62 Å². The lowest BCUT2D eigenvalue weighted by Crippen LogP contribution is -2.51. The molecule has 7 nitrogen and oxygen atoms in total. The van der Waals surface area contributed by atoms with Crippen LogP contribution in [0.4, 0.5) is 5.69 Å². The lowest BCUT2D eigenvalue weighted by atomic mass is 9.87. The second-order valence-corrected chi connectivity index (χ2v) is 12.5. The maximum Gasteiger partial charge on any atom is 0.244 e. The van der Waals surface area contributed by atoms with E-state index >= 15 is 0 Å². The average molecular weight is 557 g/mol. The maximum absolute atomic E-state index is 13.6. The molecule has 2 rings (SSSR count). The second kappa shape index (κ2) is 12.3. The number of sulfonamides is 1. The lowest BCUT2D eigenvalue weighted by Gasteiger charge is -2.32. The monoisotopic (exact) mass is 555 g/mol. The number of carbonyl (C=O) groups is 2. The normalized spacial score (nSPS) is 12.7. The Morgan fingerprint density at radius 2 is 1.67 bits per heavy atom. The van der Waals surface area contributed by atoms with Crippen molar-refractivity contribution in [2.75, 3.05) is 23.7 Å². The zero-order valence-corrected chi connectivity index (χ0v) is 24.0. The highest BCUT2D eigenvalue weighted by Crippen LogP contribution is 2.27. The van der Waals surface area contributed by atoms with Crippen LogP contribution in [-0.4, -0.2) is 50.5 Å². The predicted molar refractivity (Wildman–Crippen MR) is 147 cm³/mol. The third-order valence-corrected chi connectivity index (χ3v) is 7.50. The molecule has 1 atom stereocenters. The number of hydrogen-bond donors (Lipinski definition) is 1. The fraction of sp³-hybridized carbons (Fsp3) is 0.462. The fourth-order valence-electron chi connectivity index (χ4n) is 3.55. The molecule has 1 N–H and O–H groups in total. The molecule has 0 spiro atoms. The van der Waals surface area contributed by atoms with Crippen molar-refractivity contribution in [3.05, 3.63) is 63.6 Å². The molecule has 2 amide bonds. The number of halogens is 2. The first-order chi connectivity index (χ1) is 16.6. The number of rotatable bonds is 10. The van der Waals surface area contributed by atoms with E-state index in [1.165, 1.54) is 4.90 Å². The molecule has 0 aromatic heterocycles. The van der Waals surface area contributed by atoms with Crippen molar-refractivity contribution >= 4 is 50.7 Å². The largest absolute Gasteiger partial charge is 0.354 e. The van der Waals surface area contributed by atoms with Gasteiger partial charge >= 0.3 is 0 Å². The summed E-state index contributed by atoms with van der Waals surface area (Å²) in [6, 6.07) is 11.1. The van der Waals surface area contributed by atoms with Gasteiger partial charge in [-0.05, 0) is 54.2 Å². The number of amides is 2. The minimum Gasteiger partial charge on any atom is -0.354 e. The standard InChI is InChI=1S/C26H35Cl2N3O4S/c1-7-14-29-25(33)18(2)30(16-19-8-11-21(27)15-23(19)28)24(32)17-31(36(6,34)35)22-12-9-20(10-13-22)26(3,4)5/h8-13,15,18H,7,14,16-17H2,1-6H3,(H,29,33)/t18-/m1/s1. The molecule has 10 heteroatoms. The van der Waals surface area contributed by atoms with Crippen molar-refractivity contribution < 1.29 is 18.0 Å². The van der Waals surface area contributed by atoms with E-state index < -0.39 is 28.5 Å². The van der Waals surface area contributed by atoms with Gasteiger partial charge in [-0.3, -0.25) is 13.9 Å². The smallest absolute Gasteiger partial charge is 0.244 e. The van der Waals surface area contributed by atoms with Crippen molar-refractivity contribution in [3.63, 3.8) is 0 Å². The molecule has 0 heterocycles. The molecular formula is C26H35Cl2N3O4S. The van der Waals surface area contributed by atoms with Gasteiger partial charge in [0.15, 0.2) is 0 Å². The van der Waals surface area contributed by atoms with Gasteiger partial charge in [0.05, 0.1) is 11.9 Å². The Morgan fingerprint density at radius 3 is 2.17 bits per heavy atom. The van der Waals surface area contributed by atoms with Gasteiger partial charge in [0, 0.05) is 23.1 Å². The summed E-state index contributed by atoms with van der Waals surface area (Å²) in [5.74, 6) is -0.874. The van der Waals surface area contributed by atoms with E-state index in [1.54, 1.807) is 37.3 Å². The van der Waals surface area contributed by atoms with Crippen LogP contribution in [0.15, 0.2) is 42.5 Å². The molecule has 0 aliphatic rings. The third-order valence-electron chi connectivity index (χ3n) is 5.77. The minimum absolute atomic E-state index is 0.0100. The number of nitrogens with zero attached hydrogens (tertiary/aromatic N) is 2. The van der Waals surface area contributed by atoms with Crippen LogP contribution in [0.25, 0.3) is 0 Å². The number of anilines is 1. The number of carbonyl (C=O) groups excluding carboxylic acids is 2. The van der Waals surface area contributed by atoms with E-state index in [-0.39, 0.29) is 17.9 Å². The van der Waals surface area contributed by atoms with Crippen LogP contribution >= 0.6 is 23.2 Å². The topological polar surface area (TPSA) is 86.8 Å². The van der Waals surface area contributed by atoms with Gasteiger partial charge in [-0.1, -0.05) is 69.1 Å². The van der Waals surface area contributed by atoms with Gasteiger partial charge < -0.3 is 10.2 Å². The Hall–Kier alpha value is -2.29. The van der Waals surface area contributed by atoms with Crippen molar-refractivity contribution in [2.24, 2.45) is 0 Å². The van der Waals surface area contributed by atoms with Gasteiger partial charge in [-0.2, -0.15) is 0 Å². The number of nitrogens with one attached hydrogen (secondary N) is 1. The Morgan fingerprint density at radius 1 is 1.06 bits per heavy atom. The molecule has 198 valence electrons. The Labute approximate surface area is 224 Å².